The monoisotopic (exact) mass is 299 g/mol. The highest BCUT2D eigenvalue weighted by Gasteiger charge is 2.33. The van der Waals surface area contributed by atoms with Crippen LogP contribution in [0.3, 0.4) is 0 Å². The summed E-state index contributed by atoms with van der Waals surface area (Å²) < 4.78 is 0. The van der Waals surface area contributed by atoms with Crippen molar-refractivity contribution in [3.63, 3.8) is 0 Å². The van der Waals surface area contributed by atoms with Crippen LogP contribution in [0.4, 0.5) is 0 Å². The van der Waals surface area contributed by atoms with Crippen LogP contribution in [0.5, 0.6) is 0 Å². The molecule has 0 saturated heterocycles. The van der Waals surface area contributed by atoms with Crippen LogP contribution in [-0.4, -0.2) is 8.07 Å². The van der Waals surface area contributed by atoms with Gasteiger partial charge in [-0.3, -0.25) is 0 Å². The van der Waals surface area contributed by atoms with Crippen molar-refractivity contribution in [1.29, 1.82) is 5.26 Å². The van der Waals surface area contributed by atoms with Crippen molar-refractivity contribution in [1.82, 2.24) is 0 Å². The predicted molar refractivity (Wildman–Crippen MR) is 94.6 cm³/mol. The molecule has 22 heavy (non-hydrogen) atoms. The largest absolute Gasteiger partial charge is 0.192 e. The molecule has 0 amide bonds. The summed E-state index contributed by atoms with van der Waals surface area (Å²) in [6.45, 7) is 2.36. The Kier molecular flexibility index (Phi) is 3.91. The first-order chi connectivity index (χ1) is 10.7. The quantitative estimate of drug-likeness (QED) is 0.539. The van der Waals surface area contributed by atoms with Crippen LogP contribution in [0.15, 0.2) is 84.9 Å². The Balaban J connectivity index is 2.26. The Morgan fingerprint density at radius 2 is 1.18 bits per heavy atom. The van der Waals surface area contributed by atoms with Gasteiger partial charge in [0, 0.05) is 0 Å². The maximum absolute atomic E-state index is 9.23. The zero-order valence-corrected chi connectivity index (χ0v) is 13.5. The van der Waals surface area contributed by atoms with Crippen molar-refractivity contribution in [3.8, 4) is 6.07 Å². The van der Waals surface area contributed by atoms with Crippen molar-refractivity contribution in [2.24, 2.45) is 0 Å². The third-order valence-corrected chi connectivity index (χ3v) is 8.71. The number of benzene rings is 3. The Bertz CT molecular complexity index is 764. The molecule has 0 aliphatic carbocycles. The highest BCUT2D eigenvalue weighted by molar-refractivity contribution is 7.10. The van der Waals surface area contributed by atoms with Crippen LogP contribution in [0.1, 0.15) is 5.56 Å². The third-order valence-electron chi connectivity index (χ3n) is 4.27. The minimum Gasteiger partial charge on any atom is -0.192 e. The van der Waals surface area contributed by atoms with E-state index in [1.165, 1.54) is 15.6 Å². The Hall–Kier alpha value is -2.63. The van der Waals surface area contributed by atoms with Crippen LogP contribution in [0.25, 0.3) is 0 Å². The normalized spacial score (nSPS) is 10.9. The summed E-state index contributed by atoms with van der Waals surface area (Å²) in [4.78, 5) is 0. The average molecular weight is 299 g/mol. The molecule has 0 N–H and O–H groups in total. The lowest BCUT2D eigenvalue weighted by molar-refractivity contribution is 1.49. The fraction of sp³-hybridized carbons (Fsp3) is 0.0500. The van der Waals surface area contributed by atoms with Crippen molar-refractivity contribution < 1.29 is 0 Å². The van der Waals surface area contributed by atoms with Gasteiger partial charge in [-0.15, -0.1) is 0 Å². The fourth-order valence-corrected chi connectivity index (χ4v) is 6.53. The van der Waals surface area contributed by atoms with E-state index in [-0.39, 0.29) is 0 Å². The van der Waals surface area contributed by atoms with Gasteiger partial charge < -0.3 is 0 Å². The van der Waals surface area contributed by atoms with E-state index in [2.05, 4.69) is 79.3 Å². The summed E-state index contributed by atoms with van der Waals surface area (Å²) in [5, 5.41) is 13.2. The van der Waals surface area contributed by atoms with Gasteiger partial charge in [0.25, 0.3) is 0 Å². The van der Waals surface area contributed by atoms with E-state index in [0.717, 1.165) is 5.56 Å². The molecule has 0 aromatic heterocycles. The summed E-state index contributed by atoms with van der Waals surface area (Å²) in [7, 11) is -2.08. The van der Waals surface area contributed by atoms with Gasteiger partial charge in [-0.05, 0) is 27.7 Å². The second-order valence-electron chi connectivity index (χ2n) is 5.55. The first-order valence-corrected chi connectivity index (χ1v) is 9.87. The minimum atomic E-state index is -2.08. The van der Waals surface area contributed by atoms with E-state index in [0.29, 0.717) is 0 Å². The summed E-state index contributed by atoms with van der Waals surface area (Å²) in [5.41, 5.74) is 0.725. The lowest BCUT2D eigenvalue weighted by atomic mass is 10.2. The minimum absolute atomic E-state index is 0.725. The Morgan fingerprint density at radius 1 is 0.682 bits per heavy atom. The molecule has 0 aliphatic rings. The van der Waals surface area contributed by atoms with Gasteiger partial charge in [-0.25, -0.2) is 0 Å². The van der Waals surface area contributed by atoms with Gasteiger partial charge in [0.15, 0.2) is 0 Å². The molecular weight excluding hydrogens is 282 g/mol. The number of nitriles is 1. The number of rotatable bonds is 3. The van der Waals surface area contributed by atoms with Gasteiger partial charge in [0.05, 0.1) is 11.6 Å². The molecule has 3 rings (SSSR count). The van der Waals surface area contributed by atoms with E-state index in [1.807, 2.05) is 18.2 Å². The number of nitrogens with zero attached hydrogens (tertiary/aromatic N) is 1. The molecule has 0 atom stereocenters. The molecular formula is C20H17NSi. The summed E-state index contributed by atoms with van der Waals surface area (Å²) >= 11 is 0. The summed E-state index contributed by atoms with van der Waals surface area (Å²) in [5.74, 6) is 0. The summed E-state index contributed by atoms with van der Waals surface area (Å²) in [6.07, 6.45) is 0. The molecule has 3 aromatic rings. The second-order valence-corrected chi connectivity index (χ2v) is 9.53. The van der Waals surface area contributed by atoms with E-state index < -0.39 is 8.07 Å². The van der Waals surface area contributed by atoms with Gasteiger partial charge in [-0.2, -0.15) is 5.26 Å². The number of hydrogen-bond acceptors (Lipinski definition) is 1. The van der Waals surface area contributed by atoms with Crippen LogP contribution in [-0.2, 0) is 0 Å². The highest BCUT2D eigenvalue weighted by Crippen LogP contribution is 2.08. The number of hydrogen-bond donors (Lipinski definition) is 0. The van der Waals surface area contributed by atoms with Crippen molar-refractivity contribution in [2.75, 3.05) is 0 Å². The molecule has 0 saturated carbocycles. The molecule has 1 nitrogen and oxygen atoms in total. The molecule has 0 spiro atoms. The van der Waals surface area contributed by atoms with E-state index in [4.69, 9.17) is 0 Å². The molecule has 0 aliphatic heterocycles. The highest BCUT2D eigenvalue weighted by atomic mass is 28.3. The Morgan fingerprint density at radius 3 is 1.68 bits per heavy atom. The van der Waals surface area contributed by atoms with E-state index in [1.54, 1.807) is 0 Å². The van der Waals surface area contributed by atoms with Crippen LogP contribution < -0.4 is 15.6 Å². The first kappa shape index (κ1) is 14.3. The fourth-order valence-electron chi connectivity index (χ4n) is 2.94. The molecule has 0 unspecified atom stereocenters. The van der Waals surface area contributed by atoms with Crippen molar-refractivity contribution >= 4 is 23.6 Å². The average Bonchev–Trinajstić information content (AvgIpc) is 2.62. The van der Waals surface area contributed by atoms with Gasteiger partial charge in [-0.1, -0.05) is 79.3 Å². The zero-order chi connectivity index (χ0) is 15.4. The van der Waals surface area contributed by atoms with Gasteiger partial charge in [0.2, 0.25) is 0 Å². The standard InChI is InChI=1S/C20H17NSi/c1-22(18-10-4-2-5-11-18,19-12-6-3-7-13-19)20-14-8-9-17(15-20)16-21/h2-15H,1H3. The van der Waals surface area contributed by atoms with Crippen molar-refractivity contribution in [2.45, 2.75) is 6.55 Å². The molecule has 0 heterocycles. The Labute approximate surface area is 132 Å². The topological polar surface area (TPSA) is 23.8 Å². The molecule has 0 fully saturated rings. The van der Waals surface area contributed by atoms with Gasteiger partial charge >= 0.3 is 0 Å². The molecule has 0 radical (unpaired) electrons. The molecule has 3 aromatic carbocycles. The maximum atomic E-state index is 9.23. The lowest BCUT2D eigenvalue weighted by Gasteiger charge is -2.29. The molecule has 106 valence electrons. The smallest absolute Gasteiger partial charge is 0.145 e. The van der Waals surface area contributed by atoms with E-state index >= 15 is 0 Å². The first-order valence-electron chi connectivity index (χ1n) is 7.37. The van der Waals surface area contributed by atoms with E-state index in [9.17, 15) is 5.26 Å². The third kappa shape index (κ3) is 2.47. The summed E-state index contributed by atoms with van der Waals surface area (Å²) in [6, 6.07) is 31.6. The SMILES string of the molecule is C[Si](c1ccccc1)(c1ccccc1)c1cccc(C#N)c1. The second kappa shape index (κ2) is 6.01. The molecule has 0 bridgehead atoms. The van der Waals surface area contributed by atoms with Gasteiger partial charge in [0.1, 0.15) is 8.07 Å². The predicted octanol–water partition coefficient (Wildman–Crippen LogP) is 2.66. The van der Waals surface area contributed by atoms with Crippen LogP contribution in [0.2, 0.25) is 6.55 Å². The zero-order valence-electron chi connectivity index (χ0n) is 12.5. The van der Waals surface area contributed by atoms with Crippen LogP contribution >= 0.6 is 0 Å². The lowest BCUT2D eigenvalue weighted by Crippen LogP contribution is -2.64. The van der Waals surface area contributed by atoms with Crippen molar-refractivity contribution in [3.05, 3.63) is 90.5 Å². The van der Waals surface area contributed by atoms with Crippen LogP contribution in [0, 0.1) is 11.3 Å². The molecule has 2 heteroatoms. The maximum Gasteiger partial charge on any atom is 0.145 e.